The summed E-state index contributed by atoms with van der Waals surface area (Å²) in [6.45, 7) is 2.20. The number of nitrogens with zero attached hydrogens (tertiary/aromatic N) is 3. The van der Waals surface area contributed by atoms with Gasteiger partial charge in [0.2, 0.25) is 5.13 Å². The summed E-state index contributed by atoms with van der Waals surface area (Å²) in [5, 5.41) is 21.9. The Hall–Kier alpha value is -3.12. The molecule has 0 aliphatic rings. The lowest BCUT2D eigenvalue weighted by Crippen LogP contribution is -2.13. The third-order valence-electron chi connectivity index (χ3n) is 4.23. The van der Waals surface area contributed by atoms with Gasteiger partial charge in [-0.3, -0.25) is 10.1 Å². The Morgan fingerprint density at radius 1 is 1.19 bits per heavy atom. The monoisotopic (exact) mass is 488 g/mol. The van der Waals surface area contributed by atoms with Gasteiger partial charge in [0.25, 0.3) is 5.91 Å². The Labute approximate surface area is 199 Å². The lowest BCUT2D eigenvalue weighted by atomic mass is 10.1. The molecule has 164 valence electrons. The number of benzene rings is 2. The molecule has 1 aromatic heterocycles. The zero-order valence-corrected chi connectivity index (χ0v) is 19.5. The number of halogens is 2. The molecule has 0 spiro atoms. The normalized spacial score (nSPS) is 11.0. The van der Waals surface area contributed by atoms with Gasteiger partial charge in [-0.15, -0.1) is 10.2 Å². The third kappa shape index (κ3) is 5.98. The van der Waals surface area contributed by atoms with Crippen LogP contribution in [-0.2, 0) is 17.8 Å². The van der Waals surface area contributed by atoms with Gasteiger partial charge in [0, 0.05) is 0 Å². The highest BCUT2D eigenvalue weighted by Crippen LogP contribution is 2.30. The van der Waals surface area contributed by atoms with Gasteiger partial charge >= 0.3 is 0 Å². The second-order valence-electron chi connectivity index (χ2n) is 6.43. The summed E-state index contributed by atoms with van der Waals surface area (Å²) in [6.07, 6.45) is 2.18. The highest BCUT2D eigenvalue weighted by molar-refractivity contribution is 7.15. The van der Waals surface area contributed by atoms with E-state index in [1.165, 1.54) is 24.5 Å². The number of amides is 1. The van der Waals surface area contributed by atoms with E-state index in [4.69, 9.17) is 32.7 Å². The minimum absolute atomic E-state index is 0.0789. The number of methoxy groups -OCH3 is 1. The quantitative estimate of drug-likeness (QED) is 0.330. The maximum atomic E-state index is 12.4. The Kier molecular flexibility index (Phi) is 8.06. The second-order valence-corrected chi connectivity index (χ2v) is 8.30. The molecule has 3 aromatic rings. The number of rotatable bonds is 8. The summed E-state index contributed by atoms with van der Waals surface area (Å²) in [4.78, 5) is 12.4. The number of aromatic nitrogens is 2. The van der Waals surface area contributed by atoms with Crippen LogP contribution in [0.3, 0.4) is 0 Å². The van der Waals surface area contributed by atoms with Crippen LogP contribution in [-0.4, -0.2) is 23.2 Å². The van der Waals surface area contributed by atoms with E-state index >= 15 is 0 Å². The Balaban J connectivity index is 1.74. The van der Waals surface area contributed by atoms with Gasteiger partial charge in [0.15, 0.2) is 11.5 Å². The lowest BCUT2D eigenvalue weighted by molar-refractivity contribution is -0.112. The predicted molar refractivity (Wildman–Crippen MR) is 125 cm³/mol. The van der Waals surface area contributed by atoms with Gasteiger partial charge in [-0.05, 0) is 47.9 Å². The fourth-order valence-electron chi connectivity index (χ4n) is 2.61. The van der Waals surface area contributed by atoms with Crippen molar-refractivity contribution in [3.8, 4) is 17.6 Å². The minimum atomic E-state index is -0.565. The van der Waals surface area contributed by atoms with Gasteiger partial charge in [-0.1, -0.05) is 53.6 Å². The average Bonchev–Trinajstić information content (AvgIpc) is 3.25. The fraction of sp³-hybridized carbons (Fsp3) is 0.182. The van der Waals surface area contributed by atoms with Crippen LogP contribution in [0.15, 0.2) is 42.0 Å². The summed E-state index contributed by atoms with van der Waals surface area (Å²) in [5.41, 5.74) is 1.36. The van der Waals surface area contributed by atoms with Crippen molar-refractivity contribution in [3.05, 3.63) is 68.2 Å². The van der Waals surface area contributed by atoms with E-state index in [9.17, 15) is 10.1 Å². The molecule has 32 heavy (non-hydrogen) atoms. The number of aryl methyl sites for hydroxylation is 1. The van der Waals surface area contributed by atoms with Crippen LogP contribution in [0.5, 0.6) is 11.5 Å². The first-order valence-electron chi connectivity index (χ1n) is 9.43. The van der Waals surface area contributed by atoms with Crippen LogP contribution in [0, 0.1) is 11.3 Å². The molecule has 0 aliphatic carbocycles. The first-order valence-corrected chi connectivity index (χ1v) is 11.0. The molecule has 0 saturated heterocycles. The zero-order valence-electron chi connectivity index (χ0n) is 17.2. The van der Waals surface area contributed by atoms with Crippen molar-refractivity contribution in [3.63, 3.8) is 0 Å². The standard InChI is InChI=1S/C22H18Cl2N4O3S/c1-3-20-27-28-22(32-20)26-21(29)15(11-25)8-13-5-7-18(19(10-13)30-2)31-12-14-4-6-16(23)17(24)9-14/h4-10H,3,12H2,1-2H3,(H,26,28,29)/b15-8-. The van der Waals surface area contributed by atoms with Crippen molar-refractivity contribution in [2.75, 3.05) is 12.4 Å². The van der Waals surface area contributed by atoms with Gasteiger partial charge in [-0.25, -0.2) is 0 Å². The van der Waals surface area contributed by atoms with E-state index in [2.05, 4.69) is 15.5 Å². The number of carbonyl (C=O) groups excluding carboxylic acids is 1. The number of nitriles is 1. The van der Waals surface area contributed by atoms with E-state index in [1.807, 2.05) is 19.1 Å². The number of nitrogens with one attached hydrogen (secondary N) is 1. The van der Waals surface area contributed by atoms with E-state index in [1.54, 1.807) is 30.3 Å². The molecular weight excluding hydrogens is 471 g/mol. The smallest absolute Gasteiger partial charge is 0.268 e. The molecular formula is C22H18Cl2N4O3S. The SMILES string of the molecule is CCc1nnc(NC(=O)/C(C#N)=C\c2ccc(OCc3ccc(Cl)c(Cl)c3)c(OC)c2)s1. The molecule has 1 heterocycles. The topological polar surface area (TPSA) is 97.1 Å². The molecule has 2 aromatic carbocycles. The summed E-state index contributed by atoms with van der Waals surface area (Å²) < 4.78 is 11.2. The highest BCUT2D eigenvalue weighted by atomic mass is 35.5. The van der Waals surface area contributed by atoms with E-state index in [0.29, 0.717) is 38.7 Å². The van der Waals surface area contributed by atoms with Crippen LogP contribution >= 0.6 is 34.5 Å². The van der Waals surface area contributed by atoms with Crippen LogP contribution < -0.4 is 14.8 Å². The molecule has 1 amide bonds. The molecule has 0 radical (unpaired) electrons. The largest absolute Gasteiger partial charge is 0.493 e. The van der Waals surface area contributed by atoms with E-state index in [-0.39, 0.29) is 12.2 Å². The van der Waals surface area contributed by atoms with Crippen LogP contribution in [0.4, 0.5) is 5.13 Å². The van der Waals surface area contributed by atoms with Gasteiger partial charge in [0.1, 0.15) is 23.3 Å². The molecule has 10 heteroatoms. The number of hydrogen-bond acceptors (Lipinski definition) is 7. The van der Waals surface area contributed by atoms with Crippen LogP contribution in [0.2, 0.25) is 10.0 Å². The van der Waals surface area contributed by atoms with Crippen molar-refractivity contribution < 1.29 is 14.3 Å². The minimum Gasteiger partial charge on any atom is -0.493 e. The average molecular weight is 489 g/mol. The van der Waals surface area contributed by atoms with Gasteiger partial charge in [0.05, 0.1) is 17.2 Å². The van der Waals surface area contributed by atoms with Crippen molar-refractivity contribution in [1.82, 2.24) is 10.2 Å². The summed E-state index contributed by atoms with van der Waals surface area (Å²) >= 11 is 13.2. The first kappa shape index (κ1) is 23.5. The maximum absolute atomic E-state index is 12.4. The van der Waals surface area contributed by atoms with Gasteiger partial charge < -0.3 is 9.47 Å². The molecule has 3 rings (SSSR count). The lowest BCUT2D eigenvalue weighted by Gasteiger charge is -2.12. The Morgan fingerprint density at radius 2 is 2.00 bits per heavy atom. The van der Waals surface area contributed by atoms with Crippen molar-refractivity contribution >= 4 is 51.7 Å². The molecule has 0 unspecified atom stereocenters. The highest BCUT2D eigenvalue weighted by Gasteiger charge is 2.14. The number of hydrogen-bond donors (Lipinski definition) is 1. The zero-order chi connectivity index (χ0) is 23.1. The molecule has 0 atom stereocenters. The number of ether oxygens (including phenoxy) is 2. The molecule has 1 N–H and O–H groups in total. The molecule has 0 bridgehead atoms. The molecule has 0 fully saturated rings. The predicted octanol–water partition coefficient (Wildman–Crippen LogP) is 5.54. The van der Waals surface area contributed by atoms with Gasteiger partial charge in [-0.2, -0.15) is 5.26 Å². The Bertz CT molecular complexity index is 1200. The van der Waals surface area contributed by atoms with Crippen LogP contribution in [0.1, 0.15) is 23.1 Å². The fourth-order valence-corrected chi connectivity index (χ4v) is 3.61. The van der Waals surface area contributed by atoms with E-state index in [0.717, 1.165) is 10.6 Å². The van der Waals surface area contributed by atoms with E-state index < -0.39 is 5.91 Å². The summed E-state index contributed by atoms with van der Waals surface area (Å²) in [6, 6.07) is 12.3. The van der Waals surface area contributed by atoms with Crippen molar-refractivity contribution in [2.45, 2.75) is 20.0 Å². The van der Waals surface area contributed by atoms with Crippen LogP contribution in [0.25, 0.3) is 6.08 Å². The number of anilines is 1. The van der Waals surface area contributed by atoms with Crippen molar-refractivity contribution in [1.29, 1.82) is 5.26 Å². The van der Waals surface area contributed by atoms with Crippen molar-refractivity contribution in [2.24, 2.45) is 0 Å². The maximum Gasteiger partial charge on any atom is 0.268 e. The summed E-state index contributed by atoms with van der Waals surface area (Å²) in [5.74, 6) is 0.387. The molecule has 0 aliphatic heterocycles. The molecule has 0 saturated carbocycles. The first-order chi connectivity index (χ1) is 15.4. The number of carbonyl (C=O) groups is 1. The molecule has 7 nitrogen and oxygen atoms in total. The summed E-state index contributed by atoms with van der Waals surface area (Å²) in [7, 11) is 1.51. The Morgan fingerprint density at radius 3 is 2.66 bits per heavy atom. The second kappa shape index (κ2) is 11.0. The third-order valence-corrected chi connectivity index (χ3v) is 5.95.